The second kappa shape index (κ2) is 6.71. The molecule has 140 valence electrons. The first kappa shape index (κ1) is 17.6. The minimum Gasteiger partial charge on any atom is -0.339 e. The zero-order valence-electron chi connectivity index (χ0n) is 15.3. The molecule has 1 amide bonds. The molecule has 0 radical (unpaired) electrons. The van der Waals surface area contributed by atoms with Crippen LogP contribution < -0.4 is 16.2 Å². The summed E-state index contributed by atoms with van der Waals surface area (Å²) in [6, 6.07) is 6.72. The van der Waals surface area contributed by atoms with Crippen molar-refractivity contribution in [2.24, 2.45) is 5.92 Å². The van der Waals surface area contributed by atoms with E-state index >= 15 is 0 Å². The van der Waals surface area contributed by atoms with Gasteiger partial charge in [0, 0.05) is 28.4 Å². The first-order valence-electron chi connectivity index (χ1n) is 8.86. The van der Waals surface area contributed by atoms with Crippen LogP contribution in [0.1, 0.15) is 19.5 Å². The molecule has 1 fully saturated rings. The topological polar surface area (TPSA) is 94.7 Å². The Morgan fingerprint density at radius 3 is 2.74 bits per heavy atom. The monoisotopic (exact) mass is 368 g/mol. The van der Waals surface area contributed by atoms with Crippen LogP contribution in [0.4, 0.5) is 10.1 Å². The smallest absolute Gasteiger partial charge is 0.243 e. The van der Waals surface area contributed by atoms with Gasteiger partial charge in [0.2, 0.25) is 11.9 Å². The predicted octanol–water partition coefficient (Wildman–Crippen LogP) is 2.51. The van der Waals surface area contributed by atoms with Gasteiger partial charge < -0.3 is 10.3 Å². The highest BCUT2D eigenvalue weighted by atomic mass is 19.1. The van der Waals surface area contributed by atoms with E-state index in [4.69, 9.17) is 0 Å². The summed E-state index contributed by atoms with van der Waals surface area (Å²) in [7, 11) is 0. The first-order valence-corrected chi connectivity index (χ1v) is 8.86. The van der Waals surface area contributed by atoms with Crippen LogP contribution in [0.25, 0.3) is 22.3 Å². The van der Waals surface area contributed by atoms with Crippen LogP contribution in [0.3, 0.4) is 0 Å². The van der Waals surface area contributed by atoms with Gasteiger partial charge in [-0.15, -0.1) is 0 Å². The van der Waals surface area contributed by atoms with Gasteiger partial charge in [-0.1, -0.05) is 6.92 Å². The van der Waals surface area contributed by atoms with E-state index in [0.29, 0.717) is 17.0 Å². The summed E-state index contributed by atoms with van der Waals surface area (Å²) in [5.74, 6) is -0.432. The molecule has 3 aromatic heterocycles. The lowest BCUT2D eigenvalue weighted by Gasteiger charge is -2.15. The molecule has 27 heavy (non-hydrogen) atoms. The molecule has 0 aromatic carbocycles. The molecule has 3 unspecified atom stereocenters. The normalized spacial score (nSPS) is 22.3. The molecule has 0 saturated carbocycles. The van der Waals surface area contributed by atoms with Crippen molar-refractivity contribution in [1.29, 1.82) is 0 Å². The zero-order valence-corrected chi connectivity index (χ0v) is 15.3. The molecule has 1 saturated heterocycles. The predicted molar refractivity (Wildman–Crippen MR) is 101 cm³/mol. The summed E-state index contributed by atoms with van der Waals surface area (Å²) >= 11 is 0. The SMILES string of the molecule is Cc1nc(F)ccc1-c1cc2cc(NC(=O)C3NNC(C)C3C)cnc2[nH]1. The number of aromatic nitrogens is 3. The number of rotatable bonds is 3. The largest absolute Gasteiger partial charge is 0.339 e. The summed E-state index contributed by atoms with van der Waals surface area (Å²) in [6.07, 6.45) is 1.62. The lowest BCUT2D eigenvalue weighted by atomic mass is 9.97. The van der Waals surface area contributed by atoms with E-state index in [0.717, 1.165) is 16.6 Å². The highest BCUT2D eigenvalue weighted by Gasteiger charge is 2.34. The Hall–Kier alpha value is -2.84. The Morgan fingerprint density at radius 2 is 2.04 bits per heavy atom. The second-order valence-corrected chi connectivity index (χ2v) is 7.02. The van der Waals surface area contributed by atoms with Crippen molar-refractivity contribution in [2.45, 2.75) is 32.9 Å². The van der Waals surface area contributed by atoms with E-state index in [1.807, 2.05) is 26.0 Å². The average Bonchev–Trinajstić information content (AvgIpc) is 3.18. The van der Waals surface area contributed by atoms with E-state index in [-0.39, 0.29) is 23.9 Å². The summed E-state index contributed by atoms with van der Waals surface area (Å²) in [6.45, 7) is 5.82. The minimum absolute atomic E-state index is 0.102. The number of anilines is 1. The summed E-state index contributed by atoms with van der Waals surface area (Å²) in [4.78, 5) is 24.0. The van der Waals surface area contributed by atoms with Crippen LogP contribution in [-0.4, -0.2) is 32.9 Å². The molecule has 3 atom stereocenters. The average molecular weight is 368 g/mol. The van der Waals surface area contributed by atoms with Crippen LogP contribution >= 0.6 is 0 Å². The number of carbonyl (C=O) groups is 1. The number of aryl methyl sites for hydroxylation is 1. The number of hydrogen-bond donors (Lipinski definition) is 4. The number of hydrogen-bond acceptors (Lipinski definition) is 5. The first-order chi connectivity index (χ1) is 12.9. The number of aromatic amines is 1. The highest BCUT2D eigenvalue weighted by Crippen LogP contribution is 2.27. The van der Waals surface area contributed by atoms with Gasteiger partial charge in [-0.2, -0.15) is 4.39 Å². The highest BCUT2D eigenvalue weighted by molar-refractivity contribution is 5.97. The third kappa shape index (κ3) is 3.29. The molecule has 7 nitrogen and oxygen atoms in total. The summed E-state index contributed by atoms with van der Waals surface area (Å²) in [5.41, 5.74) is 9.63. The van der Waals surface area contributed by atoms with Crippen LogP contribution in [0.5, 0.6) is 0 Å². The van der Waals surface area contributed by atoms with Crippen LogP contribution in [-0.2, 0) is 4.79 Å². The van der Waals surface area contributed by atoms with Gasteiger partial charge in [-0.25, -0.2) is 15.4 Å². The second-order valence-electron chi connectivity index (χ2n) is 7.02. The number of H-pyrrole nitrogens is 1. The van der Waals surface area contributed by atoms with Gasteiger partial charge in [0.1, 0.15) is 11.7 Å². The number of pyridine rings is 2. The van der Waals surface area contributed by atoms with Crippen molar-refractivity contribution in [3.8, 4) is 11.3 Å². The number of nitrogens with zero attached hydrogens (tertiary/aromatic N) is 2. The van der Waals surface area contributed by atoms with Crippen molar-refractivity contribution in [2.75, 3.05) is 5.32 Å². The number of fused-ring (bicyclic) bond motifs is 1. The Kier molecular flexibility index (Phi) is 4.37. The van der Waals surface area contributed by atoms with Crippen molar-refractivity contribution in [3.63, 3.8) is 0 Å². The molecular weight excluding hydrogens is 347 g/mol. The number of carbonyl (C=O) groups excluding carboxylic acids is 1. The molecule has 1 aliphatic heterocycles. The third-order valence-electron chi connectivity index (χ3n) is 5.14. The van der Waals surface area contributed by atoms with Crippen molar-refractivity contribution in [3.05, 3.63) is 42.1 Å². The van der Waals surface area contributed by atoms with Gasteiger partial charge in [-0.3, -0.25) is 10.2 Å². The Morgan fingerprint density at radius 1 is 1.22 bits per heavy atom. The zero-order chi connectivity index (χ0) is 19.1. The molecule has 4 rings (SSSR count). The van der Waals surface area contributed by atoms with Gasteiger partial charge in [0.15, 0.2) is 0 Å². The molecule has 8 heteroatoms. The van der Waals surface area contributed by atoms with E-state index in [1.54, 1.807) is 19.2 Å². The Labute approximate surface area is 155 Å². The molecule has 3 aromatic rings. The number of nitrogens with one attached hydrogen (secondary N) is 4. The molecule has 0 aliphatic carbocycles. The molecule has 0 bridgehead atoms. The number of hydrazine groups is 1. The lowest BCUT2D eigenvalue weighted by molar-refractivity contribution is -0.118. The van der Waals surface area contributed by atoms with Crippen LogP contribution in [0.15, 0.2) is 30.5 Å². The van der Waals surface area contributed by atoms with E-state index < -0.39 is 5.95 Å². The number of amides is 1. The van der Waals surface area contributed by atoms with Crippen molar-refractivity contribution in [1.82, 2.24) is 25.8 Å². The molecule has 4 heterocycles. The molecular formula is C19H21FN6O. The minimum atomic E-state index is -0.506. The Balaban J connectivity index is 1.58. The van der Waals surface area contributed by atoms with Crippen LogP contribution in [0, 0.1) is 18.8 Å². The Bertz CT molecular complexity index is 1020. The summed E-state index contributed by atoms with van der Waals surface area (Å²) in [5, 5.41) is 3.77. The van der Waals surface area contributed by atoms with Gasteiger partial charge in [0.25, 0.3) is 0 Å². The van der Waals surface area contributed by atoms with Crippen LogP contribution in [0.2, 0.25) is 0 Å². The fourth-order valence-corrected chi connectivity index (χ4v) is 3.34. The lowest BCUT2D eigenvalue weighted by Crippen LogP contribution is -2.41. The third-order valence-corrected chi connectivity index (χ3v) is 5.14. The maximum absolute atomic E-state index is 13.2. The van der Waals surface area contributed by atoms with Crippen molar-refractivity contribution < 1.29 is 9.18 Å². The van der Waals surface area contributed by atoms with E-state index in [1.165, 1.54) is 6.07 Å². The standard InChI is InChI=1S/C19H21FN6O/c1-9-10(2)25-26-17(9)19(27)23-13-6-12-7-15(24-18(12)21-8-13)14-4-5-16(20)22-11(14)3/h4-10,17,25-26H,1-3H3,(H,21,24)(H,23,27). The maximum atomic E-state index is 13.2. The van der Waals surface area contributed by atoms with Gasteiger partial charge >= 0.3 is 0 Å². The summed E-state index contributed by atoms with van der Waals surface area (Å²) < 4.78 is 13.2. The maximum Gasteiger partial charge on any atom is 0.243 e. The van der Waals surface area contributed by atoms with E-state index in [2.05, 4.69) is 31.1 Å². The van der Waals surface area contributed by atoms with Gasteiger partial charge in [-0.05, 0) is 44.0 Å². The quantitative estimate of drug-likeness (QED) is 0.533. The fraction of sp³-hybridized carbons (Fsp3) is 0.316. The van der Waals surface area contributed by atoms with Crippen molar-refractivity contribution >= 4 is 22.6 Å². The molecule has 4 N–H and O–H groups in total. The number of halogens is 1. The van der Waals surface area contributed by atoms with E-state index in [9.17, 15) is 9.18 Å². The molecule has 1 aliphatic rings. The molecule has 0 spiro atoms. The van der Waals surface area contributed by atoms with Gasteiger partial charge in [0.05, 0.1) is 11.9 Å². The fourth-order valence-electron chi connectivity index (χ4n) is 3.34.